The van der Waals surface area contributed by atoms with Gasteiger partial charge in [-0.3, -0.25) is 0 Å². The third-order valence-corrected chi connectivity index (χ3v) is 5.83. The van der Waals surface area contributed by atoms with E-state index >= 15 is 4.39 Å². The summed E-state index contributed by atoms with van der Waals surface area (Å²) in [5.41, 5.74) is -1.11. The first-order valence-corrected chi connectivity index (χ1v) is 10.9. The van der Waals surface area contributed by atoms with Gasteiger partial charge in [-0.2, -0.15) is 0 Å². The van der Waals surface area contributed by atoms with E-state index in [0.717, 1.165) is 6.07 Å². The smallest absolute Gasteiger partial charge is 0.171 e. The molecule has 1 aliphatic rings. The van der Waals surface area contributed by atoms with E-state index in [1.54, 1.807) is 6.92 Å². The quantitative estimate of drug-likeness (QED) is 0.320. The van der Waals surface area contributed by atoms with Crippen molar-refractivity contribution in [3.63, 3.8) is 0 Å². The van der Waals surface area contributed by atoms with Gasteiger partial charge < -0.3 is 9.47 Å². The van der Waals surface area contributed by atoms with E-state index in [4.69, 9.17) is 9.47 Å². The Labute approximate surface area is 193 Å². The van der Waals surface area contributed by atoms with E-state index in [0.29, 0.717) is 12.8 Å². The molecule has 3 aromatic rings. The third kappa shape index (κ3) is 3.99. The van der Waals surface area contributed by atoms with E-state index in [9.17, 15) is 22.0 Å². The number of rotatable bonds is 7. The fourth-order valence-electron chi connectivity index (χ4n) is 4.18. The van der Waals surface area contributed by atoms with Gasteiger partial charge in [0.2, 0.25) is 0 Å². The van der Waals surface area contributed by atoms with Crippen molar-refractivity contribution in [2.75, 3.05) is 6.61 Å². The van der Waals surface area contributed by atoms with Crippen molar-refractivity contribution in [2.24, 2.45) is 0 Å². The van der Waals surface area contributed by atoms with Gasteiger partial charge in [-0.15, -0.1) is 0 Å². The van der Waals surface area contributed by atoms with Crippen LogP contribution in [0, 0.1) is 23.3 Å². The highest BCUT2D eigenvalue weighted by molar-refractivity contribution is 5.76. The normalized spacial score (nSPS) is 16.7. The van der Waals surface area contributed by atoms with Crippen molar-refractivity contribution in [2.45, 2.75) is 45.6 Å². The van der Waals surface area contributed by atoms with Gasteiger partial charge in [0.15, 0.2) is 47.1 Å². The summed E-state index contributed by atoms with van der Waals surface area (Å²) < 4.78 is 98.9. The second kappa shape index (κ2) is 9.60. The van der Waals surface area contributed by atoms with Crippen molar-refractivity contribution in [3.8, 4) is 22.6 Å². The molecule has 0 fully saturated rings. The van der Waals surface area contributed by atoms with Gasteiger partial charge in [0.25, 0.3) is 0 Å². The van der Waals surface area contributed by atoms with Crippen LogP contribution in [-0.2, 0) is 13.0 Å². The zero-order valence-corrected chi connectivity index (χ0v) is 18.5. The maximum absolute atomic E-state index is 15.2. The number of aryl methyl sites for hydroxylation is 1. The number of hydrogen-bond acceptors (Lipinski definition) is 2. The van der Waals surface area contributed by atoms with E-state index in [2.05, 4.69) is 0 Å². The molecule has 2 atom stereocenters. The molecule has 2 nitrogen and oxygen atoms in total. The van der Waals surface area contributed by atoms with Crippen LogP contribution in [0.4, 0.5) is 26.3 Å². The Kier molecular flexibility index (Phi) is 6.77. The highest BCUT2D eigenvalue weighted by Gasteiger charge is 2.40. The number of hydrogen-bond donors (Lipinski definition) is 0. The van der Waals surface area contributed by atoms with Gasteiger partial charge in [-0.25, -0.2) is 26.3 Å². The Morgan fingerprint density at radius 1 is 0.647 bits per heavy atom. The molecule has 180 valence electrons. The molecule has 0 radical (unpaired) electrons. The van der Waals surface area contributed by atoms with Crippen molar-refractivity contribution in [3.05, 3.63) is 81.9 Å². The average Bonchev–Trinajstić information content (AvgIpc) is 2.82. The molecule has 4 rings (SSSR count). The zero-order valence-electron chi connectivity index (χ0n) is 18.5. The minimum Gasteiger partial charge on any atom is -0.491 e. The second-order valence-corrected chi connectivity index (χ2v) is 7.96. The highest BCUT2D eigenvalue weighted by Crippen LogP contribution is 2.52. The zero-order chi connectivity index (χ0) is 24.6. The molecule has 0 amide bonds. The van der Waals surface area contributed by atoms with Crippen molar-refractivity contribution >= 4 is 0 Å². The van der Waals surface area contributed by atoms with Gasteiger partial charge in [-0.1, -0.05) is 37.6 Å². The van der Waals surface area contributed by atoms with Crippen molar-refractivity contribution in [1.29, 1.82) is 0 Å². The van der Waals surface area contributed by atoms with Crippen LogP contribution in [0.1, 0.15) is 54.9 Å². The van der Waals surface area contributed by atoms with Crippen LogP contribution >= 0.6 is 0 Å². The highest BCUT2D eigenvalue weighted by atomic mass is 19.2. The molecular formula is C26H22F6O2. The number of fused-ring (bicyclic) bond motifs is 3. The maximum Gasteiger partial charge on any atom is 0.171 e. The number of ether oxygens (including phenoxy) is 2. The fourth-order valence-corrected chi connectivity index (χ4v) is 4.18. The molecule has 3 aromatic carbocycles. The van der Waals surface area contributed by atoms with Crippen molar-refractivity contribution in [1.82, 2.24) is 0 Å². The summed E-state index contributed by atoms with van der Waals surface area (Å²) >= 11 is 0. The molecule has 0 saturated heterocycles. The van der Waals surface area contributed by atoms with Gasteiger partial charge >= 0.3 is 0 Å². The standard InChI is InChI=1S/C26H22F6O2/c1-3-5-13-6-7-14(22(28)21(13)27)12-34-18-11-9-16-15-8-10-17(33-4-2)23(29)19(15)25(31)26(32)20(16)24(18)30/h6-11,25-26H,3-5,12H2,1-2H3. The van der Waals surface area contributed by atoms with E-state index in [1.165, 1.54) is 30.3 Å². The second-order valence-electron chi connectivity index (χ2n) is 7.96. The SMILES string of the molecule is CCCc1ccc(COc2ccc3c(c2F)C(F)C(F)c2c-3ccc(OCC)c2F)c(F)c1F. The molecule has 0 heterocycles. The predicted octanol–water partition coefficient (Wildman–Crippen LogP) is 7.88. The summed E-state index contributed by atoms with van der Waals surface area (Å²) in [5, 5.41) is 0. The van der Waals surface area contributed by atoms with Crippen LogP contribution in [0.15, 0.2) is 36.4 Å². The summed E-state index contributed by atoms with van der Waals surface area (Å²) in [6.07, 6.45) is -3.98. The van der Waals surface area contributed by atoms with Crippen LogP contribution in [0.2, 0.25) is 0 Å². The number of benzene rings is 3. The van der Waals surface area contributed by atoms with Gasteiger partial charge in [0.1, 0.15) is 6.61 Å². The lowest BCUT2D eigenvalue weighted by atomic mass is 9.82. The Morgan fingerprint density at radius 2 is 1.15 bits per heavy atom. The van der Waals surface area contributed by atoms with Gasteiger partial charge in [0.05, 0.1) is 6.61 Å². The summed E-state index contributed by atoms with van der Waals surface area (Å²) in [7, 11) is 0. The van der Waals surface area contributed by atoms with E-state index < -0.39 is 59.1 Å². The van der Waals surface area contributed by atoms with Crippen LogP contribution in [0.3, 0.4) is 0 Å². The summed E-state index contributed by atoms with van der Waals surface area (Å²) in [6.45, 7) is 3.06. The first-order valence-electron chi connectivity index (χ1n) is 10.9. The lowest BCUT2D eigenvalue weighted by molar-refractivity contribution is 0.157. The molecule has 0 aromatic heterocycles. The minimum absolute atomic E-state index is 0.00225. The molecule has 0 N–H and O–H groups in total. The summed E-state index contributed by atoms with van der Waals surface area (Å²) in [4.78, 5) is 0. The first-order chi connectivity index (χ1) is 16.3. The van der Waals surface area contributed by atoms with Crippen LogP contribution < -0.4 is 9.47 Å². The lowest BCUT2D eigenvalue weighted by Gasteiger charge is -2.28. The molecular weight excluding hydrogens is 458 g/mol. The average molecular weight is 480 g/mol. The van der Waals surface area contributed by atoms with Crippen LogP contribution in [0.5, 0.6) is 11.5 Å². The van der Waals surface area contributed by atoms with Crippen molar-refractivity contribution < 1.29 is 35.8 Å². The Hall–Kier alpha value is -3.16. The predicted molar refractivity (Wildman–Crippen MR) is 115 cm³/mol. The Balaban J connectivity index is 1.68. The first kappa shape index (κ1) is 24.0. The topological polar surface area (TPSA) is 18.5 Å². The Morgan fingerprint density at radius 3 is 1.68 bits per heavy atom. The third-order valence-electron chi connectivity index (χ3n) is 5.83. The molecule has 34 heavy (non-hydrogen) atoms. The molecule has 0 bridgehead atoms. The van der Waals surface area contributed by atoms with Gasteiger partial charge in [0, 0.05) is 16.7 Å². The molecule has 0 saturated carbocycles. The van der Waals surface area contributed by atoms with Crippen LogP contribution in [0.25, 0.3) is 11.1 Å². The maximum atomic E-state index is 15.2. The summed E-state index contributed by atoms with van der Waals surface area (Å²) in [6, 6.07) is 7.83. The molecule has 0 spiro atoms. The molecule has 1 aliphatic carbocycles. The molecule has 0 aliphatic heterocycles. The van der Waals surface area contributed by atoms with E-state index in [-0.39, 0.29) is 34.6 Å². The number of halogens is 6. The number of alkyl halides is 2. The monoisotopic (exact) mass is 480 g/mol. The van der Waals surface area contributed by atoms with Gasteiger partial charge in [-0.05, 0) is 42.2 Å². The van der Waals surface area contributed by atoms with Crippen LogP contribution in [-0.4, -0.2) is 6.61 Å². The summed E-state index contributed by atoms with van der Waals surface area (Å²) in [5.74, 6) is -5.00. The molecule has 8 heteroatoms. The van der Waals surface area contributed by atoms with E-state index in [1.807, 2.05) is 6.92 Å². The minimum atomic E-state index is -2.50. The lowest BCUT2D eigenvalue weighted by Crippen LogP contribution is -2.16. The largest absolute Gasteiger partial charge is 0.491 e. The Bertz CT molecular complexity index is 1230. The molecule has 2 unspecified atom stereocenters. The fraction of sp³-hybridized carbons (Fsp3) is 0.308.